The van der Waals surface area contributed by atoms with E-state index in [1.165, 1.54) is 20.3 Å². The Morgan fingerprint density at radius 1 is 1.33 bits per heavy atom. The highest BCUT2D eigenvalue weighted by Gasteiger charge is 1.93. The second-order valence-corrected chi connectivity index (χ2v) is 1.48. The summed E-state index contributed by atoms with van der Waals surface area (Å²) in [6.45, 7) is 1.68. The number of esters is 1. The topological polar surface area (TPSA) is 35.5 Å². The predicted molar refractivity (Wildman–Crippen MR) is 32.8 cm³/mol. The van der Waals surface area contributed by atoms with Crippen LogP contribution in [0.15, 0.2) is 11.8 Å². The second-order valence-electron chi connectivity index (χ2n) is 1.48. The van der Waals surface area contributed by atoms with Crippen molar-refractivity contribution >= 4 is 5.97 Å². The van der Waals surface area contributed by atoms with Crippen molar-refractivity contribution in [3.05, 3.63) is 11.8 Å². The average Bonchev–Trinajstić information content (AvgIpc) is 1.87. The van der Waals surface area contributed by atoms with Gasteiger partial charge in [0.15, 0.2) is 0 Å². The summed E-state index contributed by atoms with van der Waals surface area (Å²) in [4.78, 5) is 10.4. The molecule has 0 spiro atoms. The number of ether oxygens (including phenoxy) is 2. The first-order valence-corrected chi connectivity index (χ1v) is 2.51. The van der Waals surface area contributed by atoms with Gasteiger partial charge in [0.25, 0.3) is 0 Å². The van der Waals surface area contributed by atoms with Gasteiger partial charge in [-0.2, -0.15) is 0 Å². The zero-order chi connectivity index (χ0) is 7.28. The average molecular weight is 130 g/mol. The van der Waals surface area contributed by atoms with E-state index >= 15 is 0 Å². The van der Waals surface area contributed by atoms with Gasteiger partial charge >= 0.3 is 5.97 Å². The summed E-state index contributed by atoms with van der Waals surface area (Å²) in [6.07, 6.45) is 1.28. The van der Waals surface area contributed by atoms with Crippen LogP contribution in [0.25, 0.3) is 0 Å². The van der Waals surface area contributed by atoms with Gasteiger partial charge in [-0.1, -0.05) is 0 Å². The van der Waals surface area contributed by atoms with Crippen LogP contribution in [0.3, 0.4) is 0 Å². The minimum absolute atomic E-state index is 0.394. The Morgan fingerprint density at radius 3 is 2.22 bits per heavy atom. The molecule has 3 heteroatoms. The molecule has 0 atom stereocenters. The van der Waals surface area contributed by atoms with Gasteiger partial charge in [0, 0.05) is 0 Å². The van der Waals surface area contributed by atoms with E-state index < -0.39 is 5.97 Å². The molecule has 0 heterocycles. The summed E-state index contributed by atoms with van der Waals surface area (Å²) >= 11 is 0. The van der Waals surface area contributed by atoms with E-state index in [1.807, 2.05) is 0 Å². The number of allylic oxidation sites excluding steroid dienone is 1. The highest BCUT2D eigenvalue weighted by Crippen LogP contribution is 1.91. The van der Waals surface area contributed by atoms with Crippen LogP contribution in [0, 0.1) is 0 Å². The van der Waals surface area contributed by atoms with Gasteiger partial charge in [0.2, 0.25) is 0 Å². The molecule has 0 fully saturated rings. The van der Waals surface area contributed by atoms with Crippen molar-refractivity contribution in [1.29, 1.82) is 0 Å². The predicted octanol–water partition coefficient (Wildman–Crippen LogP) is 0.710. The molecule has 0 aliphatic rings. The van der Waals surface area contributed by atoms with E-state index in [2.05, 4.69) is 9.47 Å². The van der Waals surface area contributed by atoms with E-state index in [0.717, 1.165) is 0 Å². The van der Waals surface area contributed by atoms with Crippen LogP contribution >= 0.6 is 0 Å². The van der Waals surface area contributed by atoms with E-state index in [-0.39, 0.29) is 0 Å². The molecule has 0 rings (SSSR count). The SMILES string of the molecule is COC(=O)/C=C(/C)OC. The fourth-order valence-electron chi connectivity index (χ4n) is 0.284. The Kier molecular flexibility index (Phi) is 3.51. The highest BCUT2D eigenvalue weighted by molar-refractivity contribution is 5.82. The molecule has 0 N–H and O–H groups in total. The van der Waals surface area contributed by atoms with Crippen LogP contribution in [-0.2, 0) is 14.3 Å². The van der Waals surface area contributed by atoms with Gasteiger partial charge in [0.05, 0.1) is 26.1 Å². The number of carbonyl (C=O) groups is 1. The maximum Gasteiger partial charge on any atom is 0.333 e. The number of hydrogen-bond acceptors (Lipinski definition) is 3. The lowest BCUT2D eigenvalue weighted by molar-refractivity contribution is -0.135. The summed E-state index contributed by atoms with van der Waals surface area (Å²) in [5.41, 5.74) is 0. The van der Waals surface area contributed by atoms with Crippen LogP contribution < -0.4 is 0 Å². The third-order valence-electron chi connectivity index (χ3n) is 0.844. The smallest absolute Gasteiger partial charge is 0.333 e. The summed E-state index contributed by atoms with van der Waals surface area (Å²) in [7, 11) is 2.82. The molecule has 0 radical (unpaired) electrons. The molecule has 0 aromatic rings. The molecule has 0 aromatic heterocycles. The maximum absolute atomic E-state index is 10.4. The molecule has 0 saturated heterocycles. The van der Waals surface area contributed by atoms with Gasteiger partial charge < -0.3 is 9.47 Å². The number of rotatable bonds is 2. The molecule has 52 valence electrons. The van der Waals surface area contributed by atoms with Crippen molar-refractivity contribution in [1.82, 2.24) is 0 Å². The van der Waals surface area contributed by atoms with Crippen molar-refractivity contribution in [2.75, 3.05) is 14.2 Å². The summed E-state index contributed by atoms with van der Waals surface area (Å²) in [5.74, 6) is 0.149. The van der Waals surface area contributed by atoms with Gasteiger partial charge in [-0.3, -0.25) is 0 Å². The van der Waals surface area contributed by atoms with Crippen molar-refractivity contribution in [3.8, 4) is 0 Å². The van der Waals surface area contributed by atoms with E-state index in [0.29, 0.717) is 5.76 Å². The van der Waals surface area contributed by atoms with Gasteiger partial charge in [-0.15, -0.1) is 0 Å². The quantitative estimate of drug-likeness (QED) is 0.314. The van der Waals surface area contributed by atoms with Crippen molar-refractivity contribution in [2.45, 2.75) is 6.92 Å². The van der Waals surface area contributed by atoms with Gasteiger partial charge in [-0.25, -0.2) is 4.79 Å². The minimum atomic E-state index is -0.394. The molecule has 0 aliphatic carbocycles. The minimum Gasteiger partial charge on any atom is -0.501 e. The molecule has 0 aliphatic heterocycles. The Hall–Kier alpha value is -0.990. The van der Waals surface area contributed by atoms with E-state index in [1.54, 1.807) is 6.92 Å². The lowest BCUT2D eigenvalue weighted by Gasteiger charge is -1.95. The van der Waals surface area contributed by atoms with Crippen LogP contribution in [0.4, 0.5) is 0 Å². The zero-order valence-corrected chi connectivity index (χ0v) is 5.80. The fraction of sp³-hybridized carbons (Fsp3) is 0.500. The number of methoxy groups -OCH3 is 2. The first-order chi connectivity index (χ1) is 4.20. The molecule has 0 saturated carbocycles. The fourth-order valence-corrected chi connectivity index (χ4v) is 0.284. The standard InChI is InChI=1S/C6H10O3/c1-5(8-2)4-6(7)9-3/h4H,1-3H3/b5-4-. The molecule has 9 heavy (non-hydrogen) atoms. The van der Waals surface area contributed by atoms with Crippen molar-refractivity contribution in [2.24, 2.45) is 0 Å². The third kappa shape index (κ3) is 3.58. The monoisotopic (exact) mass is 130 g/mol. The van der Waals surface area contributed by atoms with Crippen LogP contribution in [0.5, 0.6) is 0 Å². The molecule has 0 unspecified atom stereocenters. The first kappa shape index (κ1) is 8.01. The Balaban J connectivity index is 3.79. The summed E-state index contributed by atoms with van der Waals surface area (Å²) < 4.78 is 9.01. The lowest BCUT2D eigenvalue weighted by Crippen LogP contribution is -1.96. The van der Waals surface area contributed by atoms with Crippen LogP contribution in [0.2, 0.25) is 0 Å². The molecule has 0 amide bonds. The molecular formula is C6H10O3. The van der Waals surface area contributed by atoms with E-state index in [9.17, 15) is 4.79 Å². The summed E-state index contributed by atoms with van der Waals surface area (Å²) in [6, 6.07) is 0. The maximum atomic E-state index is 10.4. The molecule has 0 aromatic carbocycles. The Bertz CT molecular complexity index is 126. The molecule has 3 nitrogen and oxygen atoms in total. The van der Waals surface area contributed by atoms with Gasteiger partial charge in [-0.05, 0) is 6.92 Å². The Morgan fingerprint density at radius 2 is 1.89 bits per heavy atom. The number of hydrogen-bond donors (Lipinski definition) is 0. The highest BCUT2D eigenvalue weighted by atomic mass is 16.5. The third-order valence-corrected chi connectivity index (χ3v) is 0.844. The van der Waals surface area contributed by atoms with E-state index in [4.69, 9.17) is 0 Å². The molecule has 0 bridgehead atoms. The Labute approximate surface area is 54.3 Å². The van der Waals surface area contributed by atoms with Gasteiger partial charge in [0.1, 0.15) is 0 Å². The normalized spacial score (nSPS) is 10.8. The largest absolute Gasteiger partial charge is 0.501 e. The summed E-state index contributed by atoms with van der Waals surface area (Å²) in [5, 5.41) is 0. The zero-order valence-electron chi connectivity index (χ0n) is 5.80. The van der Waals surface area contributed by atoms with Crippen LogP contribution in [0.1, 0.15) is 6.92 Å². The van der Waals surface area contributed by atoms with Crippen LogP contribution in [-0.4, -0.2) is 20.2 Å². The molecular weight excluding hydrogens is 120 g/mol. The van der Waals surface area contributed by atoms with Crippen molar-refractivity contribution < 1.29 is 14.3 Å². The lowest BCUT2D eigenvalue weighted by atomic mass is 10.5. The number of carbonyl (C=O) groups excluding carboxylic acids is 1. The van der Waals surface area contributed by atoms with Crippen molar-refractivity contribution in [3.63, 3.8) is 0 Å². The first-order valence-electron chi connectivity index (χ1n) is 2.51. The second kappa shape index (κ2) is 3.95.